The van der Waals surface area contributed by atoms with Crippen molar-refractivity contribution in [2.24, 2.45) is 0 Å². The first-order valence-corrected chi connectivity index (χ1v) is 6.66. The van der Waals surface area contributed by atoms with Crippen LogP contribution in [0, 0.1) is 5.82 Å². The van der Waals surface area contributed by atoms with Crippen LogP contribution in [-0.2, 0) is 6.54 Å². The standard InChI is InChI=1S/C14H10Cl2FNO2/c15-9-1-2-11(17)12(5-9)18-6-8-3-10(16)14-13(4-8)19-7-20-14/h1-5,18H,6-7H2. The van der Waals surface area contributed by atoms with E-state index in [2.05, 4.69) is 5.32 Å². The topological polar surface area (TPSA) is 30.5 Å². The van der Waals surface area contributed by atoms with Gasteiger partial charge in [-0.2, -0.15) is 0 Å². The zero-order valence-corrected chi connectivity index (χ0v) is 11.8. The van der Waals surface area contributed by atoms with Gasteiger partial charge in [-0.05, 0) is 35.9 Å². The molecule has 6 heteroatoms. The molecule has 0 saturated heterocycles. The molecule has 1 aliphatic heterocycles. The summed E-state index contributed by atoms with van der Waals surface area (Å²) in [6.45, 7) is 0.558. The van der Waals surface area contributed by atoms with Crippen molar-refractivity contribution >= 4 is 28.9 Å². The van der Waals surface area contributed by atoms with Crippen molar-refractivity contribution in [3.8, 4) is 11.5 Å². The third-order valence-corrected chi connectivity index (χ3v) is 3.41. The molecule has 0 radical (unpaired) electrons. The molecule has 20 heavy (non-hydrogen) atoms. The maximum atomic E-state index is 13.6. The summed E-state index contributed by atoms with van der Waals surface area (Å²) in [6, 6.07) is 7.91. The van der Waals surface area contributed by atoms with E-state index in [1.165, 1.54) is 18.2 Å². The van der Waals surface area contributed by atoms with Crippen molar-refractivity contribution in [3.05, 3.63) is 51.8 Å². The second-order valence-corrected chi connectivity index (χ2v) is 5.13. The zero-order valence-electron chi connectivity index (χ0n) is 10.3. The Morgan fingerprint density at radius 2 is 2.00 bits per heavy atom. The number of hydrogen-bond acceptors (Lipinski definition) is 3. The molecule has 0 amide bonds. The first-order chi connectivity index (χ1) is 9.63. The summed E-state index contributed by atoms with van der Waals surface area (Å²) in [5.74, 6) is 0.784. The Bertz CT molecular complexity index is 664. The largest absolute Gasteiger partial charge is 0.454 e. The summed E-state index contributed by atoms with van der Waals surface area (Å²) in [5.41, 5.74) is 1.20. The zero-order chi connectivity index (χ0) is 14.1. The molecule has 0 aromatic heterocycles. The molecule has 1 heterocycles. The highest BCUT2D eigenvalue weighted by Crippen LogP contribution is 2.39. The average Bonchev–Trinajstić information content (AvgIpc) is 2.89. The predicted octanol–water partition coefficient (Wildman–Crippen LogP) is 4.47. The predicted molar refractivity (Wildman–Crippen MR) is 76.3 cm³/mol. The number of halogens is 3. The molecular formula is C14H10Cl2FNO2. The molecule has 0 spiro atoms. The van der Waals surface area contributed by atoms with E-state index in [9.17, 15) is 4.39 Å². The fraction of sp³-hybridized carbons (Fsp3) is 0.143. The fourth-order valence-electron chi connectivity index (χ4n) is 1.95. The highest BCUT2D eigenvalue weighted by atomic mass is 35.5. The monoisotopic (exact) mass is 313 g/mol. The quantitative estimate of drug-likeness (QED) is 0.906. The maximum Gasteiger partial charge on any atom is 0.231 e. The van der Waals surface area contributed by atoms with E-state index >= 15 is 0 Å². The summed E-state index contributed by atoms with van der Waals surface area (Å²) >= 11 is 11.9. The lowest BCUT2D eigenvalue weighted by Crippen LogP contribution is -2.01. The van der Waals surface area contributed by atoms with Crippen LogP contribution in [0.25, 0.3) is 0 Å². The summed E-state index contributed by atoms with van der Waals surface area (Å²) in [5, 5.41) is 3.92. The van der Waals surface area contributed by atoms with Gasteiger partial charge in [0.1, 0.15) is 5.82 Å². The van der Waals surface area contributed by atoms with Crippen LogP contribution in [0.1, 0.15) is 5.56 Å². The van der Waals surface area contributed by atoms with Gasteiger partial charge in [-0.25, -0.2) is 4.39 Å². The first kappa shape index (κ1) is 13.3. The van der Waals surface area contributed by atoms with Crippen LogP contribution in [0.2, 0.25) is 10.0 Å². The summed E-state index contributed by atoms with van der Waals surface area (Å²) in [7, 11) is 0. The number of nitrogens with one attached hydrogen (secondary N) is 1. The van der Waals surface area contributed by atoms with Crippen molar-refractivity contribution in [3.63, 3.8) is 0 Å². The minimum atomic E-state index is -0.360. The van der Waals surface area contributed by atoms with E-state index in [1.807, 2.05) is 6.07 Å². The highest BCUT2D eigenvalue weighted by molar-refractivity contribution is 6.32. The SMILES string of the molecule is Fc1ccc(Cl)cc1NCc1cc(Cl)c2c(c1)OCO2. The van der Waals surface area contributed by atoms with Crippen molar-refractivity contribution in [2.75, 3.05) is 12.1 Å². The van der Waals surface area contributed by atoms with Gasteiger partial charge in [0.05, 0.1) is 10.7 Å². The normalized spacial score (nSPS) is 12.6. The smallest absolute Gasteiger partial charge is 0.231 e. The molecule has 0 atom stereocenters. The van der Waals surface area contributed by atoms with E-state index in [4.69, 9.17) is 32.7 Å². The number of hydrogen-bond donors (Lipinski definition) is 1. The minimum absolute atomic E-state index is 0.162. The van der Waals surface area contributed by atoms with E-state index < -0.39 is 0 Å². The Morgan fingerprint density at radius 1 is 1.15 bits per heavy atom. The van der Waals surface area contributed by atoms with E-state index in [0.717, 1.165) is 5.56 Å². The summed E-state index contributed by atoms with van der Waals surface area (Å²) < 4.78 is 24.1. The second kappa shape index (κ2) is 5.38. The van der Waals surface area contributed by atoms with Gasteiger partial charge >= 0.3 is 0 Å². The van der Waals surface area contributed by atoms with Crippen molar-refractivity contribution in [1.29, 1.82) is 0 Å². The number of anilines is 1. The number of ether oxygens (including phenoxy) is 2. The van der Waals surface area contributed by atoms with E-state index in [-0.39, 0.29) is 12.6 Å². The van der Waals surface area contributed by atoms with Crippen molar-refractivity contribution in [2.45, 2.75) is 6.54 Å². The Morgan fingerprint density at radius 3 is 2.85 bits per heavy atom. The van der Waals surface area contributed by atoms with Gasteiger partial charge in [-0.1, -0.05) is 23.2 Å². The molecule has 3 rings (SSSR count). The Labute approximate surface area is 125 Å². The van der Waals surface area contributed by atoms with Gasteiger partial charge in [0.2, 0.25) is 6.79 Å². The Balaban J connectivity index is 1.79. The van der Waals surface area contributed by atoms with Crippen LogP contribution in [0.4, 0.5) is 10.1 Å². The van der Waals surface area contributed by atoms with Crippen LogP contribution < -0.4 is 14.8 Å². The molecule has 0 saturated carbocycles. The first-order valence-electron chi connectivity index (χ1n) is 5.90. The number of fused-ring (bicyclic) bond motifs is 1. The molecule has 0 bridgehead atoms. The van der Waals surface area contributed by atoms with Crippen molar-refractivity contribution < 1.29 is 13.9 Å². The van der Waals surface area contributed by atoms with E-state index in [1.54, 1.807) is 6.07 Å². The van der Waals surface area contributed by atoms with Crippen LogP contribution in [0.5, 0.6) is 11.5 Å². The Kier molecular flexibility index (Phi) is 3.59. The van der Waals surface area contributed by atoms with Gasteiger partial charge in [0, 0.05) is 11.6 Å². The van der Waals surface area contributed by atoms with Gasteiger partial charge in [0.25, 0.3) is 0 Å². The van der Waals surface area contributed by atoms with Gasteiger partial charge in [0.15, 0.2) is 11.5 Å². The van der Waals surface area contributed by atoms with Gasteiger partial charge in [-0.3, -0.25) is 0 Å². The molecule has 2 aromatic carbocycles. The number of rotatable bonds is 3. The third kappa shape index (κ3) is 2.62. The lowest BCUT2D eigenvalue weighted by atomic mass is 10.2. The summed E-state index contributed by atoms with van der Waals surface area (Å²) in [6.07, 6.45) is 0. The molecule has 1 aliphatic rings. The van der Waals surface area contributed by atoms with Gasteiger partial charge < -0.3 is 14.8 Å². The summed E-state index contributed by atoms with van der Waals surface area (Å²) in [4.78, 5) is 0. The van der Waals surface area contributed by atoms with Crippen molar-refractivity contribution in [1.82, 2.24) is 0 Å². The Hall–Kier alpha value is -1.65. The van der Waals surface area contributed by atoms with Crippen LogP contribution in [0.15, 0.2) is 30.3 Å². The van der Waals surface area contributed by atoms with Crippen LogP contribution in [-0.4, -0.2) is 6.79 Å². The molecule has 104 valence electrons. The lowest BCUT2D eigenvalue weighted by Gasteiger charge is -2.09. The maximum absolute atomic E-state index is 13.6. The lowest BCUT2D eigenvalue weighted by molar-refractivity contribution is 0.174. The van der Waals surface area contributed by atoms with Gasteiger partial charge in [-0.15, -0.1) is 0 Å². The average molecular weight is 314 g/mol. The highest BCUT2D eigenvalue weighted by Gasteiger charge is 2.18. The molecule has 1 N–H and O–H groups in total. The molecule has 0 fully saturated rings. The minimum Gasteiger partial charge on any atom is -0.454 e. The molecule has 3 nitrogen and oxygen atoms in total. The van der Waals surface area contributed by atoms with Crippen LogP contribution >= 0.6 is 23.2 Å². The molecular weight excluding hydrogens is 304 g/mol. The van der Waals surface area contributed by atoms with E-state index in [0.29, 0.717) is 33.8 Å². The second-order valence-electron chi connectivity index (χ2n) is 4.29. The molecule has 2 aromatic rings. The third-order valence-electron chi connectivity index (χ3n) is 2.90. The molecule has 0 unspecified atom stereocenters. The van der Waals surface area contributed by atoms with Crippen LogP contribution in [0.3, 0.4) is 0 Å². The fourth-order valence-corrected chi connectivity index (χ4v) is 2.41. The molecule has 0 aliphatic carbocycles. The number of benzene rings is 2.